The number of aldehydes is 1. The summed E-state index contributed by atoms with van der Waals surface area (Å²) in [5.41, 5.74) is 2.26. The van der Waals surface area contributed by atoms with Crippen LogP contribution in [0.3, 0.4) is 0 Å². The summed E-state index contributed by atoms with van der Waals surface area (Å²) in [6, 6.07) is 10.3. The predicted molar refractivity (Wildman–Crippen MR) is 99.8 cm³/mol. The molecule has 7 heteroatoms. The van der Waals surface area contributed by atoms with Gasteiger partial charge in [-0.15, -0.1) is 0 Å². The van der Waals surface area contributed by atoms with Gasteiger partial charge in [-0.3, -0.25) is 9.59 Å². The Morgan fingerprint density at radius 2 is 2.04 bits per heavy atom. The molecule has 0 fully saturated rings. The number of halogens is 2. The van der Waals surface area contributed by atoms with E-state index in [4.69, 9.17) is 10.00 Å². The Kier molecular flexibility index (Phi) is 6.99. The van der Waals surface area contributed by atoms with E-state index in [0.29, 0.717) is 24.3 Å². The van der Waals surface area contributed by atoms with Crippen LogP contribution in [0.2, 0.25) is 0 Å². The molecule has 2 aromatic carbocycles. The van der Waals surface area contributed by atoms with Crippen LogP contribution in [-0.4, -0.2) is 24.3 Å². The number of carbonyl (C=O) groups is 2. The van der Waals surface area contributed by atoms with Crippen LogP contribution in [0.25, 0.3) is 10.9 Å². The molecule has 1 heterocycles. The average Bonchev–Trinajstić information content (AvgIpc) is 3.12. The molecular weight excluding hydrogens is 366 g/mol. The lowest BCUT2D eigenvalue weighted by molar-refractivity contribution is -0.142. The number of rotatable bonds is 4. The van der Waals surface area contributed by atoms with Gasteiger partial charge in [0.2, 0.25) is 0 Å². The summed E-state index contributed by atoms with van der Waals surface area (Å²) in [6.45, 7) is 1.95. The normalized spacial score (nSPS) is 11.1. The van der Waals surface area contributed by atoms with Gasteiger partial charge in [0.1, 0.15) is 11.6 Å². The molecule has 1 aromatic heterocycles. The van der Waals surface area contributed by atoms with Crippen molar-refractivity contribution in [2.24, 2.45) is 0 Å². The van der Waals surface area contributed by atoms with Gasteiger partial charge in [0, 0.05) is 23.2 Å². The Balaban J connectivity index is 0.000000237. The minimum absolute atomic E-state index is 0.124. The third-order valence-corrected chi connectivity index (χ3v) is 4.20. The fourth-order valence-electron chi connectivity index (χ4n) is 2.76. The highest BCUT2D eigenvalue weighted by molar-refractivity contribution is 5.90. The highest BCUT2D eigenvalue weighted by Gasteiger charge is 2.22. The monoisotopic (exact) mass is 384 g/mol. The first kappa shape index (κ1) is 20.8. The molecule has 1 unspecified atom stereocenters. The van der Waals surface area contributed by atoms with Crippen LogP contribution in [0.1, 0.15) is 40.7 Å². The number of fused-ring (bicyclic) bond motifs is 1. The van der Waals surface area contributed by atoms with Gasteiger partial charge in [0.25, 0.3) is 0 Å². The van der Waals surface area contributed by atoms with Crippen molar-refractivity contribution in [2.75, 3.05) is 7.11 Å². The topological polar surface area (TPSA) is 82.9 Å². The lowest BCUT2D eigenvalue weighted by atomic mass is 9.96. The minimum atomic E-state index is -0.824. The van der Waals surface area contributed by atoms with Crippen molar-refractivity contribution < 1.29 is 23.1 Å². The zero-order valence-electron chi connectivity index (χ0n) is 15.3. The number of carbonyl (C=O) groups excluding carboxylic acids is 2. The molecule has 28 heavy (non-hydrogen) atoms. The molecule has 0 radical (unpaired) electrons. The molecule has 0 aliphatic rings. The van der Waals surface area contributed by atoms with Crippen LogP contribution >= 0.6 is 0 Å². The number of H-pyrrole nitrogens is 1. The summed E-state index contributed by atoms with van der Waals surface area (Å²) in [6.07, 6.45) is 2.84. The molecule has 0 aliphatic carbocycles. The Labute approximate surface area is 160 Å². The number of benzene rings is 2. The maximum Gasteiger partial charge on any atom is 0.313 e. The maximum atomic E-state index is 12.4. The van der Waals surface area contributed by atoms with Crippen LogP contribution < -0.4 is 0 Å². The van der Waals surface area contributed by atoms with E-state index in [-0.39, 0.29) is 17.5 Å². The second kappa shape index (κ2) is 9.42. The minimum Gasteiger partial charge on any atom is -0.469 e. The SMILES string of the molecule is CCC(C(=O)OC)c1c[nH]c2cc(C#N)ccc12.O=Cc1ccc(F)cc1F. The number of nitrogens with zero attached hydrogens (tertiary/aromatic N) is 1. The predicted octanol–water partition coefficient (Wildman–Crippen LogP) is 4.48. The van der Waals surface area contributed by atoms with Gasteiger partial charge in [-0.2, -0.15) is 5.26 Å². The van der Waals surface area contributed by atoms with Crippen molar-refractivity contribution in [1.82, 2.24) is 4.98 Å². The number of nitrogens with one attached hydrogen (secondary N) is 1. The van der Waals surface area contributed by atoms with Crippen molar-refractivity contribution in [3.05, 3.63) is 70.9 Å². The van der Waals surface area contributed by atoms with Crippen LogP contribution in [0, 0.1) is 23.0 Å². The Bertz CT molecular complexity index is 1040. The van der Waals surface area contributed by atoms with E-state index in [0.717, 1.165) is 28.6 Å². The number of hydrogen-bond donors (Lipinski definition) is 1. The molecular formula is C21H18F2N2O3. The van der Waals surface area contributed by atoms with Gasteiger partial charge in [0.05, 0.1) is 30.2 Å². The molecule has 1 atom stereocenters. The zero-order chi connectivity index (χ0) is 20.7. The summed E-state index contributed by atoms with van der Waals surface area (Å²) in [5, 5.41) is 9.81. The fraction of sp³-hybridized carbons (Fsp3) is 0.190. The van der Waals surface area contributed by atoms with E-state index in [1.807, 2.05) is 19.2 Å². The zero-order valence-corrected chi connectivity index (χ0v) is 15.3. The first-order valence-corrected chi connectivity index (χ1v) is 8.44. The molecule has 1 N–H and O–H groups in total. The quantitative estimate of drug-likeness (QED) is 0.531. The summed E-state index contributed by atoms with van der Waals surface area (Å²) in [7, 11) is 1.40. The first-order valence-electron chi connectivity index (χ1n) is 8.44. The van der Waals surface area contributed by atoms with E-state index in [2.05, 4.69) is 11.1 Å². The van der Waals surface area contributed by atoms with E-state index in [1.165, 1.54) is 7.11 Å². The highest BCUT2D eigenvalue weighted by Crippen LogP contribution is 2.29. The van der Waals surface area contributed by atoms with Crippen molar-refractivity contribution in [3.63, 3.8) is 0 Å². The lowest BCUT2D eigenvalue weighted by Gasteiger charge is -2.11. The number of methoxy groups -OCH3 is 1. The van der Waals surface area contributed by atoms with Gasteiger partial charge in [-0.25, -0.2) is 8.78 Å². The van der Waals surface area contributed by atoms with Crippen LogP contribution in [-0.2, 0) is 9.53 Å². The van der Waals surface area contributed by atoms with Gasteiger partial charge < -0.3 is 9.72 Å². The Morgan fingerprint density at radius 3 is 2.61 bits per heavy atom. The smallest absolute Gasteiger partial charge is 0.313 e. The number of aromatic amines is 1. The summed E-state index contributed by atoms with van der Waals surface area (Å²) in [5.74, 6) is -2.00. The molecule has 0 aliphatic heterocycles. The van der Waals surface area contributed by atoms with Crippen LogP contribution in [0.15, 0.2) is 42.6 Å². The molecule has 0 spiro atoms. The van der Waals surface area contributed by atoms with Crippen molar-refractivity contribution >= 4 is 23.2 Å². The average molecular weight is 384 g/mol. The van der Waals surface area contributed by atoms with Crippen molar-refractivity contribution in [1.29, 1.82) is 5.26 Å². The third-order valence-electron chi connectivity index (χ3n) is 4.20. The van der Waals surface area contributed by atoms with Crippen LogP contribution in [0.5, 0.6) is 0 Å². The van der Waals surface area contributed by atoms with E-state index < -0.39 is 11.6 Å². The number of esters is 1. The molecule has 144 valence electrons. The van der Waals surface area contributed by atoms with Gasteiger partial charge in [-0.1, -0.05) is 13.0 Å². The molecule has 5 nitrogen and oxygen atoms in total. The number of ether oxygens (including phenoxy) is 1. The number of nitriles is 1. The summed E-state index contributed by atoms with van der Waals surface area (Å²) >= 11 is 0. The first-order chi connectivity index (χ1) is 13.4. The fourth-order valence-corrected chi connectivity index (χ4v) is 2.76. The molecule has 0 saturated heterocycles. The summed E-state index contributed by atoms with van der Waals surface area (Å²) < 4.78 is 29.3. The largest absolute Gasteiger partial charge is 0.469 e. The molecule has 0 bridgehead atoms. The van der Waals surface area contributed by atoms with Gasteiger partial charge >= 0.3 is 5.97 Å². The van der Waals surface area contributed by atoms with Crippen LogP contribution in [0.4, 0.5) is 8.78 Å². The van der Waals surface area contributed by atoms with Crippen molar-refractivity contribution in [2.45, 2.75) is 19.3 Å². The van der Waals surface area contributed by atoms with Gasteiger partial charge in [0.15, 0.2) is 6.29 Å². The summed E-state index contributed by atoms with van der Waals surface area (Å²) in [4.78, 5) is 24.8. The third kappa shape index (κ3) is 4.60. The van der Waals surface area contributed by atoms with E-state index in [1.54, 1.807) is 12.1 Å². The molecule has 3 aromatic rings. The van der Waals surface area contributed by atoms with Gasteiger partial charge in [-0.05, 0) is 36.2 Å². The Morgan fingerprint density at radius 1 is 1.29 bits per heavy atom. The van der Waals surface area contributed by atoms with E-state index in [9.17, 15) is 18.4 Å². The highest BCUT2D eigenvalue weighted by atomic mass is 19.1. The molecule has 0 amide bonds. The van der Waals surface area contributed by atoms with Crippen molar-refractivity contribution in [3.8, 4) is 6.07 Å². The van der Waals surface area contributed by atoms with E-state index >= 15 is 0 Å². The lowest BCUT2D eigenvalue weighted by Crippen LogP contribution is -2.12. The molecule has 3 rings (SSSR count). The number of hydrogen-bond acceptors (Lipinski definition) is 4. The maximum absolute atomic E-state index is 12.4. The second-order valence-electron chi connectivity index (χ2n) is 5.88. The second-order valence-corrected chi connectivity index (χ2v) is 5.88. The Hall–Kier alpha value is -3.53. The number of aromatic nitrogens is 1. The molecule has 0 saturated carbocycles. The standard InChI is InChI=1S/C14H14N2O2.C7H4F2O/c1-3-10(14(17)18-2)12-8-16-13-6-9(7-15)4-5-11(12)13;8-6-2-1-5(4-10)7(9)3-6/h4-6,8,10,16H,3H2,1-2H3;1-4H.